The number of hydrogen-bond acceptors (Lipinski definition) is 8. The summed E-state index contributed by atoms with van der Waals surface area (Å²) in [6.45, 7) is 0.234. The van der Waals surface area contributed by atoms with Crippen LogP contribution < -0.4 is 9.64 Å². The SMILES string of the molecule is CN(CC(=O)OCCOc1ccc(S(=O)(=O)N(C)C)cc1)c1ncccn1. The Morgan fingerprint density at radius 1 is 1.04 bits per heavy atom. The summed E-state index contributed by atoms with van der Waals surface area (Å²) in [6.07, 6.45) is 3.18. The summed E-state index contributed by atoms with van der Waals surface area (Å²) in [4.78, 5) is 21.6. The third-order valence-corrected chi connectivity index (χ3v) is 5.31. The number of anilines is 1. The molecule has 0 radical (unpaired) electrons. The second-order valence-corrected chi connectivity index (χ2v) is 7.88. The molecular formula is C17H22N4O5S. The standard InChI is InChI=1S/C17H22N4O5S/c1-20(2)27(23,24)15-7-5-14(6-8-15)25-11-12-26-16(22)13-21(3)17-18-9-4-10-19-17/h4-10H,11-13H2,1-3H3. The van der Waals surface area contributed by atoms with Crippen LogP contribution in [0.15, 0.2) is 47.6 Å². The summed E-state index contributed by atoms with van der Waals surface area (Å²) in [7, 11) is 1.16. The number of likely N-dealkylation sites (N-methyl/N-ethyl adjacent to an activating group) is 1. The molecule has 10 heteroatoms. The third kappa shape index (κ3) is 5.90. The van der Waals surface area contributed by atoms with Gasteiger partial charge in [-0.2, -0.15) is 0 Å². The Hall–Kier alpha value is -2.72. The van der Waals surface area contributed by atoms with E-state index in [-0.39, 0.29) is 24.7 Å². The van der Waals surface area contributed by atoms with Crippen molar-refractivity contribution in [1.82, 2.24) is 14.3 Å². The van der Waals surface area contributed by atoms with Gasteiger partial charge >= 0.3 is 5.97 Å². The van der Waals surface area contributed by atoms with Crippen LogP contribution in [-0.2, 0) is 19.6 Å². The number of sulfonamides is 1. The van der Waals surface area contributed by atoms with Crippen LogP contribution in [0, 0.1) is 0 Å². The number of benzene rings is 1. The van der Waals surface area contributed by atoms with E-state index < -0.39 is 16.0 Å². The average molecular weight is 394 g/mol. The highest BCUT2D eigenvalue weighted by Crippen LogP contribution is 2.18. The van der Waals surface area contributed by atoms with E-state index in [1.54, 1.807) is 42.5 Å². The van der Waals surface area contributed by atoms with Crippen molar-refractivity contribution in [3.63, 3.8) is 0 Å². The van der Waals surface area contributed by atoms with Crippen molar-refractivity contribution in [1.29, 1.82) is 0 Å². The summed E-state index contributed by atoms with van der Waals surface area (Å²) in [5.41, 5.74) is 0. The molecular weight excluding hydrogens is 372 g/mol. The number of carbonyl (C=O) groups is 1. The van der Waals surface area contributed by atoms with Gasteiger partial charge in [-0.3, -0.25) is 4.79 Å². The van der Waals surface area contributed by atoms with Gasteiger partial charge in [0.15, 0.2) is 0 Å². The fraction of sp³-hybridized carbons (Fsp3) is 0.353. The molecule has 0 aliphatic heterocycles. The van der Waals surface area contributed by atoms with Crippen molar-refractivity contribution >= 4 is 21.9 Å². The molecule has 146 valence electrons. The van der Waals surface area contributed by atoms with E-state index in [2.05, 4.69) is 9.97 Å². The largest absolute Gasteiger partial charge is 0.490 e. The van der Waals surface area contributed by atoms with Crippen LogP contribution in [0.25, 0.3) is 0 Å². The molecule has 0 spiro atoms. The lowest BCUT2D eigenvalue weighted by Crippen LogP contribution is -2.29. The smallest absolute Gasteiger partial charge is 0.325 e. The molecule has 1 aromatic heterocycles. The van der Waals surface area contributed by atoms with E-state index in [9.17, 15) is 13.2 Å². The minimum Gasteiger partial charge on any atom is -0.490 e. The van der Waals surface area contributed by atoms with Gasteiger partial charge < -0.3 is 14.4 Å². The van der Waals surface area contributed by atoms with Gasteiger partial charge in [-0.15, -0.1) is 0 Å². The minimum absolute atomic E-state index is 0.0150. The Bertz CT molecular complexity index is 841. The number of aromatic nitrogens is 2. The Labute approximate surface area is 158 Å². The Balaban J connectivity index is 1.74. The maximum absolute atomic E-state index is 12.0. The van der Waals surface area contributed by atoms with E-state index in [0.717, 1.165) is 4.31 Å². The maximum Gasteiger partial charge on any atom is 0.325 e. The highest BCUT2D eigenvalue weighted by atomic mass is 32.2. The van der Waals surface area contributed by atoms with E-state index in [1.165, 1.54) is 26.2 Å². The molecule has 0 bridgehead atoms. The normalized spacial score (nSPS) is 11.3. The fourth-order valence-electron chi connectivity index (χ4n) is 2.03. The lowest BCUT2D eigenvalue weighted by molar-refractivity contribution is -0.142. The molecule has 2 rings (SSSR count). The van der Waals surface area contributed by atoms with Crippen molar-refractivity contribution < 1.29 is 22.7 Å². The predicted molar refractivity (Wildman–Crippen MR) is 99.1 cm³/mol. The number of carbonyl (C=O) groups excluding carboxylic acids is 1. The summed E-state index contributed by atoms with van der Waals surface area (Å²) in [5.74, 6) is 0.484. The molecule has 0 saturated heterocycles. The molecule has 0 aliphatic rings. The van der Waals surface area contributed by atoms with Crippen LogP contribution >= 0.6 is 0 Å². The first kappa shape index (κ1) is 20.6. The Morgan fingerprint density at radius 3 is 2.26 bits per heavy atom. The van der Waals surface area contributed by atoms with Crippen LogP contribution in [0.4, 0.5) is 5.95 Å². The third-order valence-electron chi connectivity index (χ3n) is 3.48. The quantitative estimate of drug-likeness (QED) is 0.454. The molecule has 0 fully saturated rings. The van der Waals surface area contributed by atoms with Crippen molar-refractivity contribution in [2.45, 2.75) is 4.90 Å². The number of nitrogens with zero attached hydrogens (tertiary/aromatic N) is 4. The van der Waals surface area contributed by atoms with Crippen molar-refractivity contribution in [2.24, 2.45) is 0 Å². The Kier molecular flexibility index (Phi) is 7.08. The molecule has 0 amide bonds. The lowest BCUT2D eigenvalue weighted by Gasteiger charge is -2.15. The number of rotatable bonds is 9. The molecule has 0 N–H and O–H groups in total. The first-order valence-corrected chi connectivity index (χ1v) is 9.54. The number of hydrogen-bond donors (Lipinski definition) is 0. The molecule has 0 saturated carbocycles. The molecule has 27 heavy (non-hydrogen) atoms. The Morgan fingerprint density at radius 2 is 1.67 bits per heavy atom. The first-order chi connectivity index (χ1) is 12.8. The monoisotopic (exact) mass is 394 g/mol. The summed E-state index contributed by atoms with van der Waals surface area (Å²) >= 11 is 0. The van der Waals surface area contributed by atoms with E-state index >= 15 is 0 Å². The van der Waals surface area contributed by atoms with Crippen molar-refractivity contribution in [2.75, 3.05) is 45.8 Å². The predicted octanol–water partition coefficient (Wildman–Crippen LogP) is 0.785. The zero-order chi connectivity index (χ0) is 19.9. The second-order valence-electron chi connectivity index (χ2n) is 5.73. The van der Waals surface area contributed by atoms with E-state index in [4.69, 9.17) is 9.47 Å². The van der Waals surface area contributed by atoms with Gasteiger partial charge in [0.1, 0.15) is 25.5 Å². The topological polar surface area (TPSA) is 102 Å². The van der Waals surface area contributed by atoms with Gasteiger partial charge in [0, 0.05) is 33.5 Å². The van der Waals surface area contributed by atoms with Gasteiger partial charge in [0.25, 0.3) is 0 Å². The van der Waals surface area contributed by atoms with Crippen molar-refractivity contribution in [3.05, 3.63) is 42.7 Å². The molecule has 9 nitrogen and oxygen atoms in total. The molecule has 2 aromatic rings. The minimum atomic E-state index is -3.47. The van der Waals surface area contributed by atoms with Crippen LogP contribution in [0.5, 0.6) is 5.75 Å². The molecule has 0 unspecified atom stereocenters. The fourth-order valence-corrected chi connectivity index (χ4v) is 2.93. The highest BCUT2D eigenvalue weighted by molar-refractivity contribution is 7.89. The number of ether oxygens (including phenoxy) is 2. The second kappa shape index (κ2) is 9.28. The zero-order valence-corrected chi connectivity index (χ0v) is 16.2. The van der Waals surface area contributed by atoms with Gasteiger partial charge in [0.05, 0.1) is 4.90 Å². The lowest BCUT2D eigenvalue weighted by atomic mass is 10.3. The summed E-state index contributed by atoms with van der Waals surface area (Å²) < 4.78 is 35.7. The number of esters is 1. The van der Waals surface area contributed by atoms with Crippen molar-refractivity contribution in [3.8, 4) is 5.75 Å². The van der Waals surface area contributed by atoms with E-state index in [0.29, 0.717) is 11.7 Å². The molecule has 1 heterocycles. The first-order valence-electron chi connectivity index (χ1n) is 8.10. The van der Waals surface area contributed by atoms with Crippen LogP contribution in [0.1, 0.15) is 0 Å². The molecule has 1 aromatic carbocycles. The van der Waals surface area contributed by atoms with Gasteiger partial charge in [0.2, 0.25) is 16.0 Å². The van der Waals surface area contributed by atoms with Crippen LogP contribution in [0.2, 0.25) is 0 Å². The van der Waals surface area contributed by atoms with Crippen LogP contribution in [-0.4, -0.2) is 69.6 Å². The van der Waals surface area contributed by atoms with Gasteiger partial charge in [-0.25, -0.2) is 22.7 Å². The highest BCUT2D eigenvalue weighted by Gasteiger charge is 2.16. The summed E-state index contributed by atoms with van der Waals surface area (Å²) in [6, 6.07) is 7.73. The maximum atomic E-state index is 12.0. The average Bonchev–Trinajstić information content (AvgIpc) is 2.66. The van der Waals surface area contributed by atoms with Gasteiger partial charge in [-0.1, -0.05) is 0 Å². The molecule has 0 atom stereocenters. The van der Waals surface area contributed by atoms with Gasteiger partial charge in [-0.05, 0) is 30.3 Å². The van der Waals surface area contributed by atoms with E-state index in [1.807, 2.05) is 0 Å². The summed E-state index contributed by atoms with van der Waals surface area (Å²) in [5, 5.41) is 0. The molecule has 0 aliphatic carbocycles. The van der Waals surface area contributed by atoms with Crippen LogP contribution in [0.3, 0.4) is 0 Å². The zero-order valence-electron chi connectivity index (χ0n) is 15.4.